The van der Waals surface area contributed by atoms with Gasteiger partial charge < -0.3 is 21.4 Å². The zero-order valence-corrected chi connectivity index (χ0v) is 9.63. The predicted octanol–water partition coefficient (Wildman–Crippen LogP) is 1.18. The molecular weight excluding hydrogens is 220 g/mol. The lowest BCUT2D eigenvalue weighted by molar-refractivity contribution is 0.933. The number of hydrogen-bond donors (Lipinski definition) is 3. The second kappa shape index (κ2) is 4.51. The van der Waals surface area contributed by atoms with E-state index in [1.807, 2.05) is 30.3 Å². The molecule has 84 valence electrons. The first-order valence-corrected chi connectivity index (χ1v) is 5.48. The van der Waals surface area contributed by atoms with Crippen molar-refractivity contribution >= 4 is 34.1 Å². The van der Waals surface area contributed by atoms with Crippen molar-refractivity contribution in [2.75, 3.05) is 18.0 Å². The van der Waals surface area contributed by atoms with Crippen LogP contribution in [0.5, 0.6) is 0 Å². The van der Waals surface area contributed by atoms with Gasteiger partial charge in [-0.15, -0.1) is 0 Å². The molecule has 16 heavy (non-hydrogen) atoms. The molecule has 0 saturated heterocycles. The van der Waals surface area contributed by atoms with E-state index in [4.69, 9.17) is 23.7 Å². The van der Waals surface area contributed by atoms with Crippen molar-refractivity contribution in [2.45, 2.75) is 0 Å². The van der Waals surface area contributed by atoms with E-state index < -0.39 is 0 Å². The molecule has 5 N–H and O–H groups in total. The number of nitrogens with one attached hydrogen (secondary N) is 1. The standard InChI is InChI=1S/C11H14N4S/c12-5-6-15(11(13)16)10-7-8-3-1-2-4-9(8)14-10/h1-4,7,14H,5-6,12H2,(H2,13,16). The summed E-state index contributed by atoms with van der Waals surface area (Å²) in [7, 11) is 0. The van der Waals surface area contributed by atoms with E-state index in [0.29, 0.717) is 18.2 Å². The summed E-state index contributed by atoms with van der Waals surface area (Å²) in [5.41, 5.74) is 12.3. The maximum Gasteiger partial charge on any atom is 0.171 e. The van der Waals surface area contributed by atoms with Crippen LogP contribution >= 0.6 is 12.2 Å². The number of benzene rings is 1. The topological polar surface area (TPSA) is 71.1 Å². The molecule has 0 atom stereocenters. The van der Waals surface area contributed by atoms with Crippen LogP contribution in [0.3, 0.4) is 0 Å². The summed E-state index contributed by atoms with van der Waals surface area (Å²) in [6.45, 7) is 1.12. The number of anilines is 1. The Bertz CT molecular complexity index is 472. The zero-order chi connectivity index (χ0) is 11.5. The summed E-state index contributed by atoms with van der Waals surface area (Å²) in [6.07, 6.45) is 0. The minimum Gasteiger partial charge on any atom is -0.376 e. The third kappa shape index (κ3) is 2.00. The summed E-state index contributed by atoms with van der Waals surface area (Å²) < 4.78 is 0. The largest absolute Gasteiger partial charge is 0.376 e. The molecule has 0 fully saturated rings. The van der Waals surface area contributed by atoms with Crippen LogP contribution in [-0.4, -0.2) is 23.2 Å². The van der Waals surface area contributed by atoms with Crippen molar-refractivity contribution in [3.8, 4) is 0 Å². The van der Waals surface area contributed by atoms with E-state index in [9.17, 15) is 0 Å². The van der Waals surface area contributed by atoms with Crippen LogP contribution in [-0.2, 0) is 0 Å². The number of rotatable bonds is 3. The second-order valence-corrected chi connectivity index (χ2v) is 3.94. The molecule has 1 heterocycles. The van der Waals surface area contributed by atoms with Crippen molar-refractivity contribution in [1.29, 1.82) is 0 Å². The third-order valence-electron chi connectivity index (χ3n) is 2.43. The molecule has 2 rings (SSSR count). The van der Waals surface area contributed by atoms with Crippen molar-refractivity contribution in [2.24, 2.45) is 11.5 Å². The Kier molecular flexibility index (Phi) is 3.07. The molecule has 1 aromatic heterocycles. The molecule has 0 aliphatic carbocycles. The Labute approximate surface area is 99.2 Å². The molecule has 2 aromatic rings. The second-order valence-electron chi connectivity index (χ2n) is 3.52. The number of aromatic nitrogens is 1. The SMILES string of the molecule is NCCN(C(N)=S)c1cc2ccccc2[nH]1. The quantitative estimate of drug-likeness (QED) is 0.697. The highest BCUT2D eigenvalue weighted by Gasteiger charge is 2.10. The van der Waals surface area contributed by atoms with Crippen LogP contribution in [0.2, 0.25) is 0 Å². The normalized spacial score (nSPS) is 10.6. The van der Waals surface area contributed by atoms with Gasteiger partial charge >= 0.3 is 0 Å². The first-order valence-electron chi connectivity index (χ1n) is 5.07. The van der Waals surface area contributed by atoms with E-state index in [0.717, 1.165) is 16.7 Å². The van der Waals surface area contributed by atoms with Gasteiger partial charge in [0.1, 0.15) is 5.82 Å². The third-order valence-corrected chi connectivity index (χ3v) is 2.65. The highest BCUT2D eigenvalue weighted by atomic mass is 32.1. The molecule has 5 heteroatoms. The minimum atomic E-state index is 0.331. The Morgan fingerprint density at radius 2 is 2.12 bits per heavy atom. The molecule has 4 nitrogen and oxygen atoms in total. The summed E-state index contributed by atoms with van der Waals surface area (Å²) >= 11 is 5.00. The van der Waals surface area contributed by atoms with Crippen LogP contribution in [0.25, 0.3) is 10.9 Å². The highest BCUT2D eigenvalue weighted by Crippen LogP contribution is 2.21. The molecule has 1 aromatic carbocycles. The summed E-state index contributed by atoms with van der Waals surface area (Å²) in [4.78, 5) is 5.07. The lowest BCUT2D eigenvalue weighted by Gasteiger charge is -2.19. The van der Waals surface area contributed by atoms with Gasteiger partial charge in [0.05, 0.1) is 0 Å². The van der Waals surface area contributed by atoms with Gasteiger partial charge in [-0.1, -0.05) is 18.2 Å². The predicted molar refractivity (Wildman–Crippen MR) is 71.5 cm³/mol. The summed E-state index contributed by atoms with van der Waals surface area (Å²) in [5, 5.41) is 1.47. The van der Waals surface area contributed by atoms with E-state index in [1.54, 1.807) is 4.90 Å². The van der Waals surface area contributed by atoms with Gasteiger partial charge in [0, 0.05) is 24.0 Å². The van der Waals surface area contributed by atoms with Gasteiger partial charge in [0.2, 0.25) is 0 Å². The minimum absolute atomic E-state index is 0.331. The van der Waals surface area contributed by atoms with Gasteiger partial charge in [-0.3, -0.25) is 0 Å². The first-order chi connectivity index (χ1) is 7.72. The van der Waals surface area contributed by atoms with Gasteiger partial charge in [0.15, 0.2) is 5.11 Å². The number of aromatic amines is 1. The van der Waals surface area contributed by atoms with E-state index in [2.05, 4.69) is 4.98 Å². The van der Waals surface area contributed by atoms with Crippen LogP contribution in [0.15, 0.2) is 30.3 Å². The smallest absolute Gasteiger partial charge is 0.171 e. The van der Waals surface area contributed by atoms with E-state index in [-0.39, 0.29) is 0 Å². The average molecular weight is 234 g/mol. The van der Waals surface area contributed by atoms with Crippen molar-refractivity contribution in [3.63, 3.8) is 0 Å². The van der Waals surface area contributed by atoms with Crippen molar-refractivity contribution < 1.29 is 0 Å². The maximum absolute atomic E-state index is 5.66. The van der Waals surface area contributed by atoms with Crippen LogP contribution in [0.1, 0.15) is 0 Å². The van der Waals surface area contributed by atoms with Crippen molar-refractivity contribution in [1.82, 2.24) is 4.98 Å². The molecule has 0 aliphatic heterocycles. The van der Waals surface area contributed by atoms with Crippen molar-refractivity contribution in [3.05, 3.63) is 30.3 Å². The molecule has 0 amide bonds. The lowest BCUT2D eigenvalue weighted by Crippen LogP contribution is -2.39. The Hall–Kier alpha value is -1.59. The number of H-pyrrole nitrogens is 1. The lowest BCUT2D eigenvalue weighted by atomic mass is 10.2. The summed E-state index contributed by atoms with van der Waals surface area (Å²) in [6, 6.07) is 10.0. The van der Waals surface area contributed by atoms with Gasteiger partial charge in [-0.25, -0.2) is 0 Å². The number of para-hydroxylation sites is 1. The van der Waals surface area contributed by atoms with E-state index >= 15 is 0 Å². The molecule has 0 aliphatic rings. The molecule has 0 bridgehead atoms. The van der Waals surface area contributed by atoms with Gasteiger partial charge in [0.25, 0.3) is 0 Å². The van der Waals surface area contributed by atoms with E-state index in [1.165, 1.54) is 0 Å². The fourth-order valence-corrected chi connectivity index (χ4v) is 1.87. The Morgan fingerprint density at radius 3 is 2.75 bits per heavy atom. The molecule has 0 unspecified atom stereocenters. The van der Waals surface area contributed by atoms with Gasteiger partial charge in [-0.05, 0) is 24.4 Å². The molecule has 0 spiro atoms. The number of fused-ring (bicyclic) bond motifs is 1. The first kappa shape index (κ1) is 10.9. The van der Waals surface area contributed by atoms with Gasteiger partial charge in [-0.2, -0.15) is 0 Å². The Morgan fingerprint density at radius 1 is 1.38 bits per heavy atom. The monoisotopic (exact) mass is 234 g/mol. The number of thiocarbonyl (C=S) groups is 1. The van der Waals surface area contributed by atoms with Crippen LogP contribution in [0.4, 0.5) is 5.82 Å². The molecule has 0 saturated carbocycles. The molecule has 0 radical (unpaired) electrons. The Balaban J connectivity index is 2.40. The average Bonchev–Trinajstić information content (AvgIpc) is 2.68. The number of hydrogen-bond acceptors (Lipinski definition) is 2. The van der Waals surface area contributed by atoms with Crippen LogP contribution in [0, 0.1) is 0 Å². The number of nitrogens with two attached hydrogens (primary N) is 2. The fraction of sp³-hybridized carbons (Fsp3) is 0.182. The maximum atomic E-state index is 5.66. The van der Waals surface area contributed by atoms with Crippen LogP contribution < -0.4 is 16.4 Å². The highest BCUT2D eigenvalue weighted by molar-refractivity contribution is 7.80. The molecular formula is C11H14N4S. The summed E-state index contributed by atoms with van der Waals surface area (Å²) in [5.74, 6) is 0.888. The fourth-order valence-electron chi connectivity index (χ4n) is 1.68. The number of nitrogens with zero attached hydrogens (tertiary/aromatic N) is 1. The zero-order valence-electron chi connectivity index (χ0n) is 8.81.